The van der Waals surface area contributed by atoms with E-state index in [-0.39, 0.29) is 50.0 Å². The van der Waals surface area contributed by atoms with E-state index in [9.17, 15) is 31.5 Å². The molecule has 0 unspecified atom stereocenters. The number of nitrogens with one attached hydrogen (secondary N) is 1. The number of aryl methyl sites for hydroxylation is 1. The van der Waals surface area contributed by atoms with Crippen molar-refractivity contribution in [2.45, 2.75) is 31.7 Å². The van der Waals surface area contributed by atoms with Crippen molar-refractivity contribution in [3.8, 4) is 22.7 Å². The number of piperidine rings is 1. The molecular weight excluding hydrogens is 587 g/mol. The molecule has 228 valence electrons. The molecule has 2 aliphatic rings. The van der Waals surface area contributed by atoms with Gasteiger partial charge in [-0.3, -0.25) is 14.6 Å². The molecule has 1 spiro atoms. The Kier molecular flexibility index (Phi) is 7.22. The summed E-state index contributed by atoms with van der Waals surface area (Å²) in [5, 5.41) is 7.33. The zero-order valence-electron chi connectivity index (χ0n) is 23.2. The van der Waals surface area contributed by atoms with Crippen LogP contribution in [0.25, 0.3) is 16.9 Å². The van der Waals surface area contributed by atoms with E-state index < -0.39 is 29.4 Å². The highest BCUT2D eigenvalue weighted by atomic mass is 19.4. The van der Waals surface area contributed by atoms with Crippen molar-refractivity contribution in [2.24, 2.45) is 0 Å². The maximum absolute atomic E-state index is 14.0. The topological polar surface area (TPSA) is 92.6 Å². The third-order valence-corrected chi connectivity index (χ3v) is 7.95. The number of nitrogens with zero attached hydrogens (tertiary/aromatic N) is 5. The number of hydrogen-bond donors (Lipinski definition) is 1. The molecule has 4 aromatic rings. The quantitative estimate of drug-likeness (QED) is 0.320. The molecular formula is C30H25F5N6O3. The van der Waals surface area contributed by atoms with Gasteiger partial charge < -0.3 is 19.9 Å². The first kappa shape index (κ1) is 29.1. The number of ether oxygens (including phenoxy) is 1. The van der Waals surface area contributed by atoms with Crippen LogP contribution >= 0.6 is 0 Å². The number of aromatic nitrogens is 3. The van der Waals surface area contributed by atoms with Crippen molar-refractivity contribution in [1.82, 2.24) is 25.0 Å². The van der Waals surface area contributed by atoms with Gasteiger partial charge in [-0.25, -0.2) is 13.5 Å². The molecule has 2 saturated heterocycles. The van der Waals surface area contributed by atoms with E-state index in [0.29, 0.717) is 28.2 Å². The molecule has 0 radical (unpaired) electrons. The smallest absolute Gasteiger partial charge is 0.406 e. The van der Waals surface area contributed by atoms with Gasteiger partial charge in [0.25, 0.3) is 5.91 Å². The standard InChI is InChI=1S/C30H25F5N6O3/c1-18-13-21(44-30(33,34)35)5-7-25(18)41-26(19-3-2-10-36-16-19)15-24(38-41)27(42)39-11-8-29(9-12-39)28(43)37-17-40(29)20-4-6-22(31)23(32)14-20/h2-7,10,13-16H,8-9,11-12,17H2,1H3,(H,37,43). The van der Waals surface area contributed by atoms with Crippen LogP contribution in [-0.4, -0.2) is 63.1 Å². The Labute approximate surface area is 247 Å². The first-order chi connectivity index (χ1) is 20.9. The van der Waals surface area contributed by atoms with Crippen molar-refractivity contribution in [3.05, 3.63) is 89.9 Å². The van der Waals surface area contributed by atoms with Crippen molar-refractivity contribution >= 4 is 17.5 Å². The summed E-state index contributed by atoms with van der Waals surface area (Å²) < 4.78 is 71.4. The average Bonchev–Trinajstić information content (AvgIpc) is 3.56. The number of pyridine rings is 1. The summed E-state index contributed by atoms with van der Waals surface area (Å²) >= 11 is 0. The van der Waals surface area contributed by atoms with Gasteiger partial charge in [0, 0.05) is 42.8 Å². The second-order valence-electron chi connectivity index (χ2n) is 10.6. The molecule has 0 saturated carbocycles. The number of alkyl halides is 3. The Balaban J connectivity index is 1.28. The summed E-state index contributed by atoms with van der Waals surface area (Å²) in [5.74, 6) is -3.07. The summed E-state index contributed by atoms with van der Waals surface area (Å²) in [4.78, 5) is 34.1. The van der Waals surface area contributed by atoms with Crippen LogP contribution < -0.4 is 15.0 Å². The molecule has 2 aliphatic heterocycles. The van der Waals surface area contributed by atoms with E-state index in [0.717, 1.165) is 12.1 Å². The number of benzene rings is 2. The van der Waals surface area contributed by atoms with Crippen LogP contribution in [0.1, 0.15) is 28.9 Å². The van der Waals surface area contributed by atoms with Gasteiger partial charge in [0.05, 0.1) is 18.1 Å². The van der Waals surface area contributed by atoms with E-state index in [1.54, 1.807) is 47.3 Å². The molecule has 9 nitrogen and oxygen atoms in total. The van der Waals surface area contributed by atoms with Gasteiger partial charge >= 0.3 is 6.36 Å². The largest absolute Gasteiger partial charge is 0.573 e. The summed E-state index contributed by atoms with van der Waals surface area (Å²) in [5.41, 5.74) is 1.35. The zero-order chi connectivity index (χ0) is 31.2. The van der Waals surface area contributed by atoms with Gasteiger partial charge in [-0.05, 0) is 73.9 Å². The summed E-state index contributed by atoms with van der Waals surface area (Å²) in [7, 11) is 0. The first-order valence-electron chi connectivity index (χ1n) is 13.6. The van der Waals surface area contributed by atoms with Crippen LogP contribution in [0, 0.1) is 18.6 Å². The Morgan fingerprint density at radius 1 is 1.02 bits per heavy atom. The monoisotopic (exact) mass is 612 g/mol. The van der Waals surface area contributed by atoms with Gasteiger partial charge in [0.1, 0.15) is 11.3 Å². The average molecular weight is 613 g/mol. The molecule has 2 amide bonds. The van der Waals surface area contributed by atoms with Gasteiger partial charge in [-0.1, -0.05) is 0 Å². The lowest BCUT2D eigenvalue weighted by molar-refractivity contribution is -0.274. The van der Waals surface area contributed by atoms with Gasteiger partial charge in [-0.2, -0.15) is 5.10 Å². The molecule has 1 N–H and O–H groups in total. The van der Waals surface area contributed by atoms with Crippen LogP contribution in [0.4, 0.5) is 27.6 Å². The van der Waals surface area contributed by atoms with E-state index >= 15 is 0 Å². The summed E-state index contributed by atoms with van der Waals surface area (Å²) in [6, 6.07) is 12.3. The Morgan fingerprint density at radius 3 is 2.45 bits per heavy atom. The predicted octanol–water partition coefficient (Wildman–Crippen LogP) is 4.99. The number of amides is 2. The van der Waals surface area contributed by atoms with Crippen LogP contribution in [0.3, 0.4) is 0 Å². The van der Waals surface area contributed by atoms with Crippen molar-refractivity contribution in [1.29, 1.82) is 0 Å². The van der Waals surface area contributed by atoms with Gasteiger partial charge in [-0.15, -0.1) is 13.2 Å². The molecule has 4 heterocycles. The minimum atomic E-state index is -4.85. The second kappa shape index (κ2) is 10.9. The predicted molar refractivity (Wildman–Crippen MR) is 148 cm³/mol. The highest BCUT2D eigenvalue weighted by Gasteiger charge is 2.51. The normalized spacial score (nSPS) is 16.4. The maximum atomic E-state index is 14.0. The van der Waals surface area contributed by atoms with E-state index in [1.165, 1.54) is 28.9 Å². The molecule has 0 atom stereocenters. The fourth-order valence-corrected chi connectivity index (χ4v) is 5.77. The third-order valence-electron chi connectivity index (χ3n) is 7.95. The molecule has 44 heavy (non-hydrogen) atoms. The highest BCUT2D eigenvalue weighted by molar-refractivity contribution is 5.96. The molecule has 0 bridgehead atoms. The van der Waals surface area contributed by atoms with Crippen molar-refractivity contribution in [2.75, 3.05) is 24.7 Å². The number of anilines is 1. The molecule has 0 aliphatic carbocycles. The summed E-state index contributed by atoms with van der Waals surface area (Å²) in [6.45, 7) is 2.08. The van der Waals surface area contributed by atoms with Gasteiger partial charge in [0.15, 0.2) is 17.3 Å². The summed E-state index contributed by atoms with van der Waals surface area (Å²) in [6.07, 6.45) is -1.22. The number of likely N-dealkylation sites (tertiary alicyclic amines) is 1. The minimum absolute atomic E-state index is 0.0863. The maximum Gasteiger partial charge on any atom is 0.573 e. The van der Waals surface area contributed by atoms with Crippen LogP contribution in [-0.2, 0) is 4.79 Å². The number of carbonyl (C=O) groups is 2. The van der Waals surface area contributed by atoms with Crippen molar-refractivity contribution in [3.63, 3.8) is 0 Å². The number of halogens is 5. The number of rotatable bonds is 5. The number of hydrogen-bond acceptors (Lipinski definition) is 6. The Hall–Kier alpha value is -5.01. The third kappa shape index (κ3) is 5.31. The number of carbonyl (C=O) groups excluding carboxylic acids is 2. The molecule has 2 fully saturated rings. The molecule has 6 rings (SSSR count). The minimum Gasteiger partial charge on any atom is -0.406 e. The second-order valence-corrected chi connectivity index (χ2v) is 10.6. The lowest BCUT2D eigenvalue weighted by Crippen LogP contribution is -2.57. The van der Waals surface area contributed by atoms with Gasteiger partial charge in [0.2, 0.25) is 5.91 Å². The first-order valence-corrected chi connectivity index (χ1v) is 13.6. The SMILES string of the molecule is Cc1cc(OC(F)(F)F)ccc1-n1nc(C(=O)N2CCC3(CC2)C(=O)NCN3c2ccc(F)c(F)c2)cc1-c1cccnc1. The highest BCUT2D eigenvalue weighted by Crippen LogP contribution is 2.37. The van der Waals surface area contributed by atoms with E-state index in [1.807, 2.05) is 0 Å². The lowest BCUT2D eigenvalue weighted by atomic mass is 9.85. The Morgan fingerprint density at radius 2 is 1.80 bits per heavy atom. The molecule has 2 aromatic heterocycles. The van der Waals surface area contributed by atoms with Crippen molar-refractivity contribution < 1.29 is 36.3 Å². The molecule has 2 aromatic carbocycles. The Bertz CT molecular complexity index is 1730. The van der Waals surface area contributed by atoms with Crippen LogP contribution in [0.15, 0.2) is 67.0 Å². The van der Waals surface area contributed by atoms with Crippen LogP contribution in [0.5, 0.6) is 5.75 Å². The van der Waals surface area contributed by atoms with Crippen LogP contribution in [0.2, 0.25) is 0 Å². The van der Waals surface area contributed by atoms with E-state index in [4.69, 9.17) is 0 Å². The lowest BCUT2D eigenvalue weighted by Gasteiger charge is -2.43. The fourth-order valence-electron chi connectivity index (χ4n) is 5.77. The fraction of sp³-hybridized carbons (Fsp3) is 0.267. The van der Waals surface area contributed by atoms with E-state index in [2.05, 4.69) is 20.1 Å². The zero-order valence-corrected chi connectivity index (χ0v) is 23.2. The molecule has 14 heteroatoms.